The summed E-state index contributed by atoms with van der Waals surface area (Å²) >= 11 is 0. The van der Waals surface area contributed by atoms with Gasteiger partial charge in [0.05, 0.1) is 0 Å². The van der Waals surface area contributed by atoms with E-state index in [0.29, 0.717) is 43.2 Å². The molecule has 3 aromatic rings. The van der Waals surface area contributed by atoms with E-state index in [0.717, 1.165) is 5.39 Å². The largest absolute Gasteiger partial charge is 0.474 e. The number of likely N-dealkylation sites (tertiary alicyclic amines) is 1. The van der Waals surface area contributed by atoms with E-state index >= 15 is 0 Å². The highest BCUT2D eigenvalue weighted by Crippen LogP contribution is 2.19. The Labute approximate surface area is 155 Å². The van der Waals surface area contributed by atoms with Gasteiger partial charge in [-0.15, -0.1) is 0 Å². The van der Waals surface area contributed by atoms with E-state index in [1.165, 1.54) is 0 Å². The topological polar surface area (TPSA) is 85.5 Å². The van der Waals surface area contributed by atoms with Crippen molar-refractivity contribution in [3.8, 4) is 5.88 Å². The van der Waals surface area contributed by atoms with E-state index in [9.17, 15) is 9.59 Å². The second-order valence-electron chi connectivity index (χ2n) is 6.54. The Morgan fingerprint density at radius 3 is 2.78 bits per heavy atom. The molecule has 0 radical (unpaired) electrons. The van der Waals surface area contributed by atoms with E-state index in [-0.39, 0.29) is 17.6 Å². The van der Waals surface area contributed by atoms with Crippen LogP contribution < -0.4 is 10.4 Å². The third-order valence-corrected chi connectivity index (χ3v) is 4.64. The van der Waals surface area contributed by atoms with Gasteiger partial charge in [0.15, 0.2) is 0 Å². The van der Waals surface area contributed by atoms with Gasteiger partial charge in [-0.3, -0.25) is 4.79 Å². The molecule has 1 saturated heterocycles. The molecule has 27 heavy (non-hydrogen) atoms. The van der Waals surface area contributed by atoms with E-state index in [1.807, 2.05) is 19.1 Å². The second kappa shape index (κ2) is 7.19. The lowest BCUT2D eigenvalue weighted by Gasteiger charge is -2.31. The Morgan fingerprint density at radius 2 is 2.00 bits per heavy atom. The molecule has 0 saturated carbocycles. The summed E-state index contributed by atoms with van der Waals surface area (Å²) in [6.45, 7) is 2.84. The fourth-order valence-electron chi connectivity index (χ4n) is 3.23. The van der Waals surface area contributed by atoms with Gasteiger partial charge in [0.2, 0.25) is 5.88 Å². The number of carbonyl (C=O) groups is 1. The molecule has 0 bridgehead atoms. The van der Waals surface area contributed by atoms with Gasteiger partial charge < -0.3 is 14.1 Å². The number of rotatable bonds is 3. The number of amides is 1. The number of nitrogens with zero attached hydrogens (tertiary/aromatic N) is 3. The van der Waals surface area contributed by atoms with Crippen LogP contribution >= 0.6 is 0 Å². The number of piperidine rings is 1. The predicted octanol–water partition coefficient (Wildman–Crippen LogP) is 2.58. The van der Waals surface area contributed by atoms with Crippen LogP contribution in [0, 0.1) is 6.92 Å². The summed E-state index contributed by atoms with van der Waals surface area (Å²) in [5.74, 6) is 0.899. The Bertz CT molecular complexity index is 1040. The highest BCUT2D eigenvalue weighted by molar-refractivity contribution is 5.96. The highest BCUT2D eigenvalue weighted by atomic mass is 16.5. The molecule has 4 rings (SSSR count). The van der Waals surface area contributed by atoms with Crippen LogP contribution in [0.25, 0.3) is 11.0 Å². The number of para-hydroxylation sites is 1. The van der Waals surface area contributed by atoms with Crippen molar-refractivity contribution in [3.63, 3.8) is 0 Å². The fourth-order valence-corrected chi connectivity index (χ4v) is 3.23. The van der Waals surface area contributed by atoms with E-state index in [1.54, 1.807) is 35.4 Å². The van der Waals surface area contributed by atoms with Crippen LogP contribution in [0.1, 0.15) is 29.0 Å². The molecule has 1 amide bonds. The lowest BCUT2D eigenvalue weighted by Crippen LogP contribution is -2.43. The fraction of sp³-hybridized carbons (Fsp3) is 0.300. The molecule has 0 unspecified atom stereocenters. The first-order chi connectivity index (χ1) is 13.1. The van der Waals surface area contributed by atoms with Gasteiger partial charge in [-0.05, 0) is 19.1 Å². The summed E-state index contributed by atoms with van der Waals surface area (Å²) in [6.07, 6.45) is 2.99. The van der Waals surface area contributed by atoms with E-state index in [4.69, 9.17) is 9.15 Å². The summed E-state index contributed by atoms with van der Waals surface area (Å²) < 4.78 is 11.2. The zero-order chi connectivity index (χ0) is 18.8. The third kappa shape index (κ3) is 3.67. The van der Waals surface area contributed by atoms with Gasteiger partial charge in [0, 0.05) is 43.6 Å². The smallest absolute Gasteiger partial charge is 0.349 e. The highest BCUT2D eigenvalue weighted by Gasteiger charge is 2.27. The number of hydrogen-bond donors (Lipinski definition) is 0. The van der Waals surface area contributed by atoms with Gasteiger partial charge in [0.25, 0.3) is 5.91 Å². The van der Waals surface area contributed by atoms with Crippen LogP contribution in [-0.4, -0.2) is 40.0 Å². The van der Waals surface area contributed by atoms with Crippen molar-refractivity contribution >= 4 is 16.9 Å². The molecule has 0 N–H and O–H groups in total. The van der Waals surface area contributed by atoms with Gasteiger partial charge >= 0.3 is 5.63 Å². The maximum atomic E-state index is 12.8. The maximum absolute atomic E-state index is 12.8. The van der Waals surface area contributed by atoms with Gasteiger partial charge in [0.1, 0.15) is 23.1 Å². The molecule has 7 nitrogen and oxygen atoms in total. The van der Waals surface area contributed by atoms with Crippen molar-refractivity contribution < 1.29 is 13.9 Å². The summed E-state index contributed by atoms with van der Waals surface area (Å²) in [6, 6.07) is 10.5. The Balaban J connectivity index is 1.44. The second-order valence-corrected chi connectivity index (χ2v) is 6.54. The van der Waals surface area contributed by atoms with Crippen molar-refractivity contribution in [1.29, 1.82) is 0 Å². The van der Waals surface area contributed by atoms with E-state index < -0.39 is 5.63 Å². The van der Waals surface area contributed by atoms with Crippen molar-refractivity contribution in [2.24, 2.45) is 0 Å². The molecule has 1 fully saturated rings. The molecule has 0 atom stereocenters. The lowest BCUT2D eigenvalue weighted by molar-refractivity contribution is 0.0584. The minimum atomic E-state index is -0.603. The Hall–Kier alpha value is -3.22. The van der Waals surface area contributed by atoms with Crippen LogP contribution in [0.15, 0.2) is 51.8 Å². The molecule has 138 valence electrons. The minimum absolute atomic E-state index is 0.0173. The lowest BCUT2D eigenvalue weighted by atomic mass is 10.1. The van der Waals surface area contributed by atoms with Crippen molar-refractivity contribution in [1.82, 2.24) is 14.9 Å². The van der Waals surface area contributed by atoms with Crippen molar-refractivity contribution in [2.75, 3.05) is 13.1 Å². The van der Waals surface area contributed by atoms with Crippen LogP contribution in [0.2, 0.25) is 0 Å². The van der Waals surface area contributed by atoms with E-state index in [2.05, 4.69) is 9.97 Å². The van der Waals surface area contributed by atoms with Crippen LogP contribution in [-0.2, 0) is 0 Å². The predicted molar refractivity (Wildman–Crippen MR) is 98.8 cm³/mol. The molecule has 1 aliphatic heterocycles. The average Bonchev–Trinajstić information content (AvgIpc) is 2.67. The standard InChI is InChI=1S/C20H19N3O4/c1-13-21-9-6-18(22-13)26-15-7-10-23(11-8-15)19(24)16-12-14-4-2-3-5-17(14)27-20(16)25/h2-6,9,12,15H,7-8,10-11H2,1H3. The SMILES string of the molecule is Cc1nccc(OC2CCN(C(=O)c3cc4ccccc4oc3=O)CC2)n1. The van der Waals surface area contributed by atoms with Gasteiger partial charge in [-0.2, -0.15) is 4.98 Å². The van der Waals surface area contributed by atoms with Crippen LogP contribution in [0.3, 0.4) is 0 Å². The zero-order valence-corrected chi connectivity index (χ0v) is 14.9. The molecule has 1 aliphatic rings. The number of fused-ring (bicyclic) bond motifs is 1. The molecular formula is C20H19N3O4. The molecule has 1 aromatic carbocycles. The van der Waals surface area contributed by atoms with Gasteiger partial charge in [-0.25, -0.2) is 9.78 Å². The quantitative estimate of drug-likeness (QED) is 0.663. The summed E-state index contributed by atoms with van der Waals surface area (Å²) in [4.78, 5) is 34.9. The maximum Gasteiger partial charge on any atom is 0.349 e. The minimum Gasteiger partial charge on any atom is -0.474 e. The first-order valence-corrected chi connectivity index (χ1v) is 8.88. The number of benzene rings is 1. The summed E-state index contributed by atoms with van der Waals surface area (Å²) in [5, 5.41) is 0.734. The first-order valence-electron chi connectivity index (χ1n) is 8.88. The Kier molecular flexibility index (Phi) is 4.58. The van der Waals surface area contributed by atoms with Crippen molar-refractivity contribution in [3.05, 3.63) is 64.4 Å². The van der Waals surface area contributed by atoms with Crippen molar-refractivity contribution in [2.45, 2.75) is 25.9 Å². The number of hydrogen-bond acceptors (Lipinski definition) is 6. The monoisotopic (exact) mass is 365 g/mol. The number of aryl methyl sites for hydroxylation is 1. The summed E-state index contributed by atoms with van der Waals surface area (Å²) in [5.41, 5.74) is -0.0562. The normalized spacial score (nSPS) is 15.1. The third-order valence-electron chi connectivity index (χ3n) is 4.64. The molecule has 0 aliphatic carbocycles. The number of aromatic nitrogens is 2. The zero-order valence-electron chi connectivity index (χ0n) is 14.9. The molecular weight excluding hydrogens is 346 g/mol. The Morgan fingerprint density at radius 1 is 1.22 bits per heavy atom. The van der Waals surface area contributed by atoms with Crippen LogP contribution in [0.5, 0.6) is 5.88 Å². The van der Waals surface area contributed by atoms with Gasteiger partial charge in [-0.1, -0.05) is 18.2 Å². The molecule has 2 aromatic heterocycles. The molecule has 0 spiro atoms. The number of ether oxygens (including phenoxy) is 1. The average molecular weight is 365 g/mol. The number of carbonyl (C=O) groups excluding carboxylic acids is 1. The molecule has 7 heteroatoms. The van der Waals surface area contributed by atoms with Crippen LogP contribution in [0.4, 0.5) is 0 Å². The first kappa shape index (κ1) is 17.2. The summed E-state index contributed by atoms with van der Waals surface area (Å²) in [7, 11) is 0. The molecule has 3 heterocycles.